The first-order valence-electron chi connectivity index (χ1n) is 6.23. The second-order valence-electron chi connectivity index (χ2n) is 3.99. The van der Waals surface area contributed by atoms with Gasteiger partial charge >= 0.3 is 0 Å². The quantitative estimate of drug-likeness (QED) is 0.363. The van der Waals surface area contributed by atoms with E-state index in [1.54, 1.807) is 10.6 Å². The fourth-order valence-corrected chi connectivity index (χ4v) is 3.02. The van der Waals surface area contributed by atoms with E-state index >= 15 is 0 Å². The lowest BCUT2D eigenvalue weighted by Gasteiger charge is -1.99. The molecule has 85 valence electrons. The van der Waals surface area contributed by atoms with Crippen molar-refractivity contribution in [3.05, 3.63) is 0 Å². The van der Waals surface area contributed by atoms with Crippen molar-refractivity contribution in [2.24, 2.45) is 0 Å². The Balaban J connectivity index is 0. The lowest BCUT2D eigenvalue weighted by Crippen LogP contribution is -1.89. The second-order valence-corrected chi connectivity index (χ2v) is 5.72. The van der Waals surface area contributed by atoms with E-state index in [1.165, 1.54) is 51.4 Å². The van der Waals surface area contributed by atoms with Gasteiger partial charge in [-0.25, -0.2) is 0 Å². The molecule has 0 aliphatic carbocycles. The van der Waals surface area contributed by atoms with Crippen molar-refractivity contribution < 1.29 is 0 Å². The van der Waals surface area contributed by atoms with E-state index in [1.807, 2.05) is 0 Å². The maximum atomic E-state index is 2.29. The molecule has 1 radical (unpaired) electrons. The summed E-state index contributed by atoms with van der Waals surface area (Å²) in [5, 5.41) is 3.12. The lowest BCUT2D eigenvalue weighted by molar-refractivity contribution is 0.689. The first-order chi connectivity index (χ1) is 6.41. The fourth-order valence-electron chi connectivity index (χ4n) is 1.58. The standard InChI is InChI=1S/2C6H13.Al.ClH/c2*1-3-5-6-4-2;;/h2*1,3-6H2,2H3;;1H. The third-order valence-electron chi connectivity index (χ3n) is 2.52. The van der Waals surface area contributed by atoms with Gasteiger partial charge in [-0.15, -0.1) is 23.0 Å². The van der Waals surface area contributed by atoms with Gasteiger partial charge in [0.25, 0.3) is 0 Å². The SMILES string of the molecule is CCCCC[CH2][Al][CH2]CCCCC.Cl. The summed E-state index contributed by atoms with van der Waals surface area (Å²) in [6, 6.07) is 0. The van der Waals surface area contributed by atoms with Gasteiger partial charge in [-0.2, -0.15) is 0 Å². The van der Waals surface area contributed by atoms with Crippen molar-refractivity contribution in [3.8, 4) is 0 Å². The molecule has 0 aromatic heterocycles. The lowest BCUT2D eigenvalue weighted by atomic mass is 10.2. The van der Waals surface area contributed by atoms with Crippen LogP contribution < -0.4 is 0 Å². The van der Waals surface area contributed by atoms with Crippen LogP contribution >= 0.6 is 12.4 Å². The van der Waals surface area contributed by atoms with Crippen molar-refractivity contribution in [3.63, 3.8) is 0 Å². The number of unbranched alkanes of at least 4 members (excludes halogenated alkanes) is 6. The Hall–Kier alpha value is 0.822. The van der Waals surface area contributed by atoms with E-state index in [-0.39, 0.29) is 12.4 Å². The number of hydrogen-bond acceptors (Lipinski definition) is 0. The highest BCUT2D eigenvalue weighted by Crippen LogP contribution is 2.06. The predicted molar refractivity (Wildman–Crippen MR) is 70.9 cm³/mol. The van der Waals surface area contributed by atoms with Crippen LogP contribution in [-0.4, -0.2) is 15.2 Å². The van der Waals surface area contributed by atoms with Crippen LogP contribution in [0.25, 0.3) is 0 Å². The largest absolute Gasteiger partial charge is 0.199 e. The minimum absolute atomic E-state index is 0. The first-order valence-corrected chi connectivity index (χ1v) is 7.86. The van der Waals surface area contributed by atoms with E-state index in [2.05, 4.69) is 13.8 Å². The molecule has 0 fully saturated rings. The van der Waals surface area contributed by atoms with Gasteiger partial charge in [-0.1, -0.05) is 65.2 Å². The summed E-state index contributed by atoms with van der Waals surface area (Å²) in [4.78, 5) is 0. The van der Waals surface area contributed by atoms with Gasteiger partial charge in [0.1, 0.15) is 0 Å². The van der Waals surface area contributed by atoms with Crippen LogP contribution in [0.2, 0.25) is 10.6 Å². The molecule has 0 rings (SSSR count). The average molecular weight is 234 g/mol. The van der Waals surface area contributed by atoms with Gasteiger partial charge in [-0.05, 0) is 0 Å². The van der Waals surface area contributed by atoms with Gasteiger partial charge in [0.15, 0.2) is 15.2 Å². The number of hydrogen-bond donors (Lipinski definition) is 0. The third-order valence-corrected chi connectivity index (χ3v) is 4.16. The van der Waals surface area contributed by atoms with E-state index in [0.717, 1.165) is 15.2 Å². The van der Waals surface area contributed by atoms with Gasteiger partial charge in [0.05, 0.1) is 0 Å². The normalized spacial score (nSPS) is 9.57. The van der Waals surface area contributed by atoms with Crippen molar-refractivity contribution in [1.82, 2.24) is 0 Å². The summed E-state index contributed by atoms with van der Waals surface area (Å²) < 4.78 is 0. The molecule has 2 heteroatoms. The fraction of sp³-hybridized carbons (Fsp3) is 1.00. The summed E-state index contributed by atoms with van der Waals surface area (Å²) in [5.74, 6) is 0. The van der Waals surface area contributed by atoms with Crippen molar-refractivity contribution in [2.45, 2.75) is 75.8 Å². The molecule has 0 amide bonds. The Labute approximate surface area is 103 Å². The molecule has 0 aliphatic heterocycles. The molecule has 0 atom stereocenters. The Morgan fingerprint density at radius 3 is 1.43 bits per heavy atom. The van der Waals surface area contributed by atoms with E-state index < -0.39 is 0 Å². The average Bonchev–Trinajstić information content (AvgIpc) is 2.16. The molecule has 0 saturated heterocycles. The van der Waals surface area contributed by atoms with Crippen LogP contribution in [0.3, 0.4) is 0 Å². The zero-order valence-corrected chi connectivity index (χ0v) is 12.0. The monoisotopic (exact) mass is 233 g/mol. The zero-order valence-electron chi connectivity index (χ0n) is 10.1. The van der Waals surface area contributed by atoms with Gasteiger partial charge < -0.3 is 0 Å². The maximum Gasteiger partial charge on any atom is 0.199 e. The smallest absolute Gasteiger partial charge is 0.147 e. The molecular formula is C12H27AlCl. The molecule has 0 aliphatic rings. The highest BCUT2D eigenvalue weighted by molar-refractivity contribution is 6.35. The molecule has 0 aromatic rings. The molecular weight excluding hydrogens is 207 g/mol. The van der Waals surface area contributed by atoms with Crippen LogP contribution in [0.4, 0.5) is 0 Å². The van der Waals surface area contributed by atoms with Gasteiger partial charge in [0, 0.05) is 0 Å². The molecule has 0 bridgehead atoms. The van der Waals surface area contributed by atoms with Gasteiger partial charge in [0.2, 0.25) is 0 Å². The summed E-state index contributed by atoms with van der Waals surface area (Å²) in [7, 11) is 0. The molecule has 0 saturated carbocycles. The summed E-state index contributed by atoms with van der Waals surface area (Å²) in [5.41, 5.74) is 0. The molecule has 0 nitrogen and oxygen atoms in total. The van der Waals surface area contributed by atoms with Crippen molar-refractivity contribution in [1.29, 1.82) is 0 Å². The first kappa shape index (κ1) is 17.2. The van der Waals surface area contributed by atoms with E-state index in [0.29, 0.717) is 0 Å². The van der Waals surface area contributed by atoms with E-state index in [4.69, 9.17) is 0 Å². The maximum absolute atomic E-state index is 2.29. The van der Waals surface area contributed by atoms with Crippen LogP contribution in [-0.2, 0) is 0 Å². The predicted octanol–water partition coefficient (Wildman–Crippen LogP) is 5.11. The topological polar surface area (TPSA) is 0 Å². The zero-order chi connectivity index (χ0) is 9.78. The van der Waals surface area contributed by atoms with E-state index in [9.17, 15) is 0 Å². The Bertz CT molecular complexity index is 76.4. The highest BCUT2D eigenvalue weighted by Gasteiger charge is 1.93. The van der Waals surface area contributed by atoms with Crippen LogP contribution in [0, 0.1) is 0 Å². The molecule has 0 unspecified atom stereocenters. The summed E-state index contributed by atoms with van der Waals surface area (Å²) in [6.45, 7) is 4.58. The highest BCUT2D eigenvalue weighted by atomic mass is 35.5. The van der Waals surface area contributed by atoms with Crippen molar-refractivity contribution in [2.75, 3.05) is 0 Å². The molecule has 0 heterocycles. The Morgan fingerprint density at radius 1 is 0.643 bits per heavy atom. The van der Waals surface area contributed by atoms with Crippen LogP contribution in [0.15, 0.2) is 0 Å². The van der Waals surface area contributed by atoms with Crippen LogP contribution in [0.1, 0.15) is 65.2 Å². The van der Waals surface area contributed by atoms with Crippen molar-refractivity contribution >= 4 is 27.6 Å². The summed E-state index contributed by atoms with van der Waals surface area (Å²) in [6.07, 6.45) is 11.7. The Kier molecular flexibility index (Phi) is 20.0. The minimum atomic E-state index is 0. The number of halogens is 1. The summed E-state index contributed by atoms with van der Waals surface area (Å²) >= 11 is 0.805. The Morgan fingerprint density at radius 2 is 1.07 bits per heavy atom. The molecule has 0 spiro atoms. The van der Waals surface area contributed by atoms with Crippen LogP contribution in [0.5, 0.6) is 0 Å². The third kappa shape index (κ3) is 15.3. The molecule has 0 N–H and O–H groups in total. The molecule has 0 aromatic carbocycles. The second kappa shape index (κ2) is 16.3. The number of rotatable bonds is 10. The van der Waals surface area contributed by atoms with Gasteiger partial charge in [-0.3, -0.25) is 0 Å². The molecule has 14 heavy (non-hydrogen) atoms. The minimum Gasteiger partial charge on any atom is -0.147 e.